The highest BCUT2D eigenvalue weighted by molar-refractivity contribution is 5.96. The zero-order valence-electron chi connectivity index (χ0n) is 16.7. The molecule has 144 valence electrons. The molecule has 1 amide bonds. The Balaban J connectivity index is 1.61. The minimum atomic E-state index is 0.158. The summed E-state index contributed by atoms with van der Waals surface area (Å²) in [6.07, 6.45) is 1.96. The Kier molecular flexibility index (Phi) is 6.38. The van der Waals surface area contributed by atoms with Crippen LogP contribution < -0.4 is 9.64 Å². The van der Waals surface area contributed by atoms with E-state index in [2.05, 4.69) is 49.1 Å². The highest BCUT2D eigenvalue weighted by atomic mass is 16.5. The van der Waals surface area contributed by atoms with Crippen molar-refractivity contribution in [3.05, 3.63) is 59.2 Å². The Morgan fingerprint density at radius 2 is 1.70 bits per heavy atom. The number of piperazine rings is 1. The van der Waals surface area contributed by atoms with Crippen LogP contribution in [0.25, 0.3) is 0 Å². The molecule has 2 aromatic rings. The summed E-state index contributed by atoms with van der Waals surface area (Å²) in [5, 5.41) is 0. The number of carbonyl (C=O) groups excluding carboxylic acids is 1. The second kappa shape index (κ2) is 8.94. The minimum Gasteiger partial charge on any atom is -0.494 e. The summed E-state index contributed by atoms with van der Waals surface area (Å²) in [5.41, 5.74) is 4.31. The number of aryl methyl sites for hydroxylation is 2. The third-order valence-electron chi connectivity index (χ3n) is 5.18. The van der Waals surface area contributed by atoms with Crippen LogP contribution in [-0.2, 0) is 6.42 Å². The van der Waals surface area contributed by atoms with E-state index in [1.807, 2.05) is 24.0 Å². The van der Waals surface area contributed by atoms with Crippen LogP contribution in [0.15, 0.2) is 42.5 Å². The van der Waals surface area contributed by atoms with E-state index in [4.69, 9.17) is 4.74 Å². The third kappa shape index (κ3) is 4.62. The van der Waals surface area contributed by atoms with Crippen LogP contribution in [0.3, 0.4) is 0 Å². The van der Waals surface area contributed by atoms with Crippen molar-refractivity contribution in [1.29, 1.82) is 0 Å². The predicted octanol–water partition coefficient (Wildman–Crippen LogP) is 4.31. The Labute approximate surface area is 162 Å². The lowest BCUT2D eigenvalue weighted by Crippen LogP contribution is -2.49. The molecule has 1 heterocycles. The maximum atomic E-state index is 13.0. The second-order valence-corrected chi connectivity index (χ2v) is 7.12. The van der Waals surface area contributed by atoms with E-state index in [-0.39, 0.29) is 5.91 Å². The maximum absolute atomic E-state index is 13.0. The lowest BCUT2D eigenvalue weighted by atomic mass is 10.0. The van der Waals surface area contributed by atoms with Crippen LogP contribution in [0.4, 0.5) is 5.69 Å². The number of rotatable bonds is 6. The fourth-order valence-electron chi connectivity index (χ4n) is 3.43. The summed E-state index contributed by atoms with van der Waals surface area (Å²) >= 11 is 0. The summed E-state index contributed by atoms with van der Waals surface area (Å²) in [5.74, 6) is 1.08. The number of benzene rings is 2. The van der Waals surface area contributed by atoms with E-state index in [1.165, 1.54) is 11.3 Å². The van der Waals surface area contributed by atoms with Gasteiger partial charge in [-0.3, -0.25) is 4.79 Å². The maximum Gasteiger partial charge on any atom is 0.254 e. The van der Waals surface area contributed by atoms with Gasteiger partial charge in [-0.2, -0.15) is 0 Å². The summed E-state index contributed by atoms with van der Waals surface area (Å²) in [7, 11) is 0. The van der Waals surface area contributed by atoms with Crippen LogP contribution in [0.2, 0.25) is 0 Å². The molecule has 0 saturated carbocycles. The zero-order chi connectivity index (χ0) is 19.2. The first-order chi connectivity index (χ1) is 13.1. The van der Waals surface area contributed by atoms with Gasteiger partial charge in [0, 0.05) is 37.4 Å². The fraction of sp³-hybridized carbons (Fsp3) is 0.435. The molecule has 0 aliphatic carbocycles. The molecule has 1 aliphatic heterocycles. The van der Waals surface area contributed by atoms with Crippen molar-refractivity contribution >= 4 is 11.6 Å². The normalized spacial score (nSPS) is 14.3. The largest absolute Gasteiger partial charge is 0.494 e. The molecule has 1 aliphatic rings. The molecule has 0 bridgehead atoms. The highest BCUT2D eigenvalue weighted by Crippen LogP contribution is 2.22. The van der Waals surface area contributed by atoms with E-state index < -0.39 is 0 Å². The molecule has 2 aromatic carbocycles. The van der Waals surface area contributed by atoms with Gasteiger partial charge < -0.3 is 14.5 Å². The Hall–Kier alpha value is -2.49. The molecule has 27 heavy (non-hydrogen) atoms. The molecule has 0 radical (unpaired) electrons. The number of hydrogen-bond acceptors (Lipinski definition) is 3. The molecule has 3 rings (SSSR count). The van der Waals surface area contributed by atoms with E-state index in [9.17, 15) is 4.79 Å². The summed E-state index contributed by atoms with van der Waals surface area (Å²) < 4.78 is 5.65. The average Bonchev–Trinajstić information content (AvgIpc) is 2.72. The SMILES string of the molecule is CCCOc1ccc(N2CCN(C(=O)c3cc(CC)ccc3C)CC2)cc1. The van der Waals surface area contributed by atoms with Gasteiger partial charge in [-0.15, -0.1) is 0 Å². The van der Waals surface area contributed by atoms with Crippen LogP contribution in [0.1, 0.15) is 41.8 Å². The van der Waals surface area contributed by atoms with Crippen LogP contribution in [0.5, 0.6) is 5.75 Å². The van der Waals surface area contributed by atoms with E-state index in [0.29, 0.717) is 0 Å². The molecular weight excluding hydrogens is 336 g/mol. The lowest BCUT2D eigenvalue weighted by molar-refractivity contribution is 0.0746. The number of ether oxygens (including phenoxy) is 1. The van der Waals surface area contributed by atoms with E-state index in [0.717, 1.165) is 62.5 Å². The molecule has 4 heteroatoms. The third-order valence-corrected chi connectivity index (χ3v) is 5.18. The Morgan fingerprint density at radius 3 is 2.33 bits per heavy atom. The van der Waals surface area contributed by atoms with Gasteiger partial charge in [0.05, 0.1) is 6.61 Å². The van der Waals surface area contributed by atoms with Crippen molar-refractivity contribution in [2.75, 3.05) is 37.7 Å². The molecule has 0 spiro atoms. The topological polar surface area (TPSA) is 32.8 Å². The van der Waals surface area contributed by atoms with Crippen molar-refractivity contribution in [2.24, 2.45) is 0 Å². The van der Waals surface area contributed by atoms with Gasteiger partial charge in [-0.1, -0.05) is 26.0 Å². The first kappa shape index (κ1) is 19.3. The number of nitrogens with zero attached hydrogens (tertiary/aromatic N) is 2. The first-order valence-corrected chi connectivity index (χ1v) is 9.99. The molecule has 0 aromatic heterocycles. The molecule has 0 unspecified atom stereocenters. The Morgan fingerprint density at radius 1 is 1.00 bits per heavy atom. The first-order valence-electron chi connectivity index (χ1n) is 9.99. The number of amides is 1. The van der Waals surface area contributed by atoms with Crippen LogP contribution >= 0.6 is 0 Å². The van der Waals surface area contributed by atoms with Gasteiger partial charge in [0.2, 0.25) is 0 Å². The van der Waals surface area contributed by atoms with Crippen LogP contribution in [-0.4, -0.2) is 43.6 Å². The standard InChI is InChI=1S/C23H30N2O2/c1-4-16-27-21-10-8-20(9-11-21)24-12-14-25(15-13-24)23(26)22-17-19(5-2)7-6-18(22)3/h6-11,17H,4-5,12-16H2,1-3H3. The monoisotopic (exact) mass is 366 g/mol. The van der Waals surface area contributed by atoms with Crippen molar-refractivity contribution in [3.63, 3.8) is 0 Å². The van der Waals surface area contributed by atoms with Gasteiger partial charge >= 0.3 is 0 Å². The van der Waals surface area contributed by atoms with Gasteiger partial charge in [0.15, 0.2) is 0 Å². The van der Waals surface area contributed by atoms with Gasteiger partial charge in [-0.05, 0) is 61.2 Å². The lowest BCUT2D eigenvalue weighted by Gasteiger charge is -2.36. The molecule has 0 atom stereocenters. The fourth-order valence-corrected chi connectivity index (χ4v) is 3.43. The zero-order valence-corrected chi connectivity index (χ0v) is 16.7. The van der Waals surface area contributed by atoms with Crippen molar-refractivity contribution in [1.82, 2.24) is 4.90 Å². The van der Waals surface area contributed by atoms with E-state index in [1.54, 1.807) is 0 Å². The molecule has 0 N–H and O–H groups in total. The van der Waals surface area contributed by atoms with Gasteiger partial charge in [-0.25, -0.2) is 0 Å². The average molecular weight is 367 g/mol. The highest BCUT2D eigenvalue weighted by Gasteiger charge is 2.23. The summed E-state index contributed by atoms with van der Waals surface area (Å²) in [4.78, 5) is 17.3. The number of hydrogen-bond donors (Lipinski definition) is 0. The Bertz CT molecular complexity index is 762. The van der Waals surface area contributed by atoms with Crippen molar-refractivity contribution < 1.29 is 9.53 Å². The van der Waals surface area contributed by atoms with Crippen molar-refractivity contribution in [2.45, 2.75) is 33.6 Å². The molecule has 1 fully saturated rings. The smallest absolute Gasteiger partial charge is 0.254 e. The number of anilines is 1. The summed E-state index contributed by atoms with van der Waals surface area (Å²) in [6.45, 7) is 10.2. The minimum absolute atomic E-state index is 0.158. The quantitative estimate of drug-likeness (QED) is 0.764. The predicted molar refractivity (Wildman–Crippen MR) is 111 cm³/mol. The van der Waals surface area contributed by atoms with E-state index >= 15 is 0 Å². The van der Waals surface area contributed by atoms with Gasteiger partial charge in [0.25, 0.3) is 5.91 Å². The molecule has 4 nitrogen and oxygen atoms in total. The van der Waals surface area contributed by atoms with Gasteiger partial charge in [0.1, 0.15) is 5.75 Å². The molecule has 1 saturated heterocycles. The molecular formula is C23H30N2O2. The van der Waals surface area contributed by atoms with Crippen molar-refractivity contribution in [3.8, 4) is 5.75 Å². The summed E-state index contributed by atoms with van der Waals surface area (Å²) in [6, 6.07) is 14.5. The second-order valence-electron chi connectivity index (χ2n) is 7.12. The number of carbonyl (C=O) groups is 1. The van der Waals surface area contributed by atoms with Crippen LogP contribution in [0, 0.1) is 6.92 Å².